The summed E-state index contributed by atoms with van der Waals surface area (Å²) in [5.41, 5.74) is 2.77. The Labute approximate surface area is 168 Å². The Kier molecular flexibility index (Phi) is 5.21. The van der Waals surface area contributed by atoms with Crippen LogP contribution in [0.15, 0.2) is 69.5 Å². The van der Waals surface area contributed by atoms with Crippen LogP contribution < -0.4 is 0 Å². The Bertz CT molecular complexity index is 1050. The molecule has 0 bridgehead atoms. The Morgan fingerprint density at radius 2 is 1.81 bits per heavy atom. The molecule has 0 aliphatic rings. The van der Waals surface area contributed by atoms with Gasteiger partial charge in [0.05, 0.1) is 5.69 Å². The van der Waals surface area contributed by atoms with Gasteiger partial charge in [-0.2, -0.15) is 4.68 Å². The van der Waals surface area contributed by atoms with Crippen LogP contribution in [0.5, 0.6) is 0 Å². The van der Waals surface area contributed by atoms with E-state index in [0.717, 1.165) is 32.9 Å². The Morgan fingerprint density at radius 3 is 2.56 bits per heavy atom. The quantitative estimate of drug-likeness (QED) is 0.434. The number of aromatic nitrogens is 7. The van der Waals surface area contributed by atoms with Gasteiger partial charge in [0, 0.05) is 28.1 Å². The molecule has 0 aliphatic heterocycles. The smallest absolute Gasteiger partial charge is 0.220 e. The van der Waals surface area contributed by atoms with Crippen molar-refractivity contribution in [3.8, 4) is 17.1 Å². The first-order valence-corrected chi connectivity index (χ1v) is 9.84. The maximum Gasteiger partial charge on any atom is 0.220 e. The number of hydrogen-bond acceptors (Lipinski definition) is 7. The van der Waals surface area contributed by atoms with Crippen LogP contribution in [0, 0.1) is 0 Å². The van der Waals surface area contributed by atoms with Crippen LogP contribution in [0.2, 0.25) is 0 Å². The molecule has 7 nitrogen and oxygen atoms in total. The maximum absolute atomic E-state index is 4.68. The van der Waals surface area contributed by atoms with Crippen LogP contribution in [0.4, 0.5) is 0 Å². The van der Waals surface area contributed by atoms with Crippen LogP contribution in [0.25, 0.3) is 17.1 Å². The molecule has 3 aromatic heterocycles. The number of hydrogen-bond donors (Lipinski definition) is 0. The minimum atomic E-state index is 0.638. The molecule has 3 heterocycles. The van der Waals surface area contributed by atoms with Crippen molar-refractivity contribution in [1.29, 1.82) is 0 Å². The molecule has 0 aliphatic carbocycles. The lowest BCUT2D eigenvalue weighted by Gasteiger charge is -2.07. The van der Waals surface area contributed by atoms with Gasteiger partial charge < -0.3 is 0 Å². The lowest BCUT2D eigenvalue weighted by Crippen LogP contribution is -2.00. The number of halogens is 1. The van der Waals surface area contributed by atoms with Crippen molar-refractivity contribution in [2.24, 2.45) is 0 Å². The zero-order valence-corrected chi connectivity index (χ0v) is 16.7. The fraction of sp³-hybridized carbons (Fsp3) is 0.111. The number of nitrogens with zero attached hydrogens (tertiary/aromatic N) is 7. The normalized spacial score (nSPS) is 10.9. The summed E-state index contributed by atoms with van der Waals surface area (Å²) in [5.74, 6) is 0.668. The molecule has 1 aromatic carbocycles. The predicted molar refractivity (Wildman–Crippen MR) is 106 cm³/mol. The monoisotopic (exact) mass is 439 g/mol. The Hall–Kier alpha value is -2.65. The highest BCUT2D eigenvalue weighted by atomic mass is 79.9. The SMILES string of the molecule is CCc1cc(Sc2nnnn2-c2ccc(Br)cc2)nc(-c2ccncc2)n1. The first kappa shape index (κ1) is 17.7. The maximum atomic E-state index is 4.68. The first-order chi connectivity index (χ1) is 13.2. The fourth-order valence-electron chi connectivity index (χ4n) is 2.42. The number of rotatable bonds is 5. The Morgan fingerprint density at radius 1 is 1.04 bits per heavy atom. The minimum Gasteiger partial charge on any atom is -0.265 e. The summed E-state index contributed by atoms with van der Waals surface area (Å²) in [6.45, 7) is 2.07. The molecule has 4 rings (SSSR count). The van der Waals surface area contributed by atoms with Gasteiger partial charge in [0.2, 0.25) is 5.16 Å². The molecule has 0 amide bonds. The van der Waals surface area contributed by atoms with Gasteiger partial charge in [-0.3, -0.25) is 4.98 Å². The van der Waals surface area contributed by atoms with E-state index in [2.05, 4.69) is 53.3 Å². The summed E-state index contributed by atoms with van der Waals surface area (Å²) in [6, 6.07) is 13.6. The van der Waals surface area contributed by atoms with Crippen molar-refractivity contribution in [3.05, 3.63) is 65.0 Å². The molecule has 0 radical (unpaired) electrons. The lowest BCUT2D eigenvalue weighted by atomic mass is 10.2. The van der Waals surface area contributed by atoms with E-state index in [9.17, 15) is 0 Å². The van der Waals surface area contributed by atoms with Crippen molar-refractivity contribution < 1.29 is 0 Å². The number of pyridine rings is 1. The van der Waals surface area contributed by atoms with Gasteiger partial charge >= 0.3 is 0 Å². The molecular formula is C18H14BrN7S. The molecule has 9 heteroatoms. The molecule has 0 saturated heterocycles. The third kappa shape index (κ3) is 4.04. The van der Waals surface area contributed by atoms with E-state index in [4.69, 9.17) is 0 Å². The van der Waals surface area contributed by atoms with Crippen molar-refractivity contribution in [3.63, 3.8) is 0 Å². The van der Waals surface area contributed by atoms with Gasteiger partial charge in [-0.1, -0.05) is 22.9 Å². The van der Waals surface area contributed by atoms with E-state index in [1.807, 2.05) is 42.5 Å². The highest BCUT2D eigenvalue weighted by Gasteiger charge is 2.13. The summed E-state index contributed by atoms with van der Waals surface area (Å²) < 4.78 is 2.69. The second-order valence-electron chi connectivity index (χ2n) is 5.56. The van der Waals surface area contributed by atoms with Crippen LogP contribution in [-0.4, -0.2) is 35.2 Å². The Balaban J connectivity index is 1.69. The molecule has 4 aromatic rings. The van der Waals surface area contributed by atoms with Gasteiger partial charge in [0.1, 0.15) is 5.03 Å². The number of aryl methyl sites for hydroxylation is 1. The van der Waals surface area contributed by atoms with Crippen LogP contribution >= 0.6 is 27.7 Å². The summed E-state index contributed by atoms with van der Waals surface area (Å²) >= 11 is 4.85. The largest absolute Gasteiger partial charge is 0.265 e. The van der Waals surface area contributed by atoms with Crippen LogP contribution in [0.3, 0.4) is 0 Å². The molecule has 0 atom stereocenters. The molecule has 0 N–H and O–H groups in total. The van der Waals surface area contributed by atoms with E-state index >= 15 is 0 Å². The first-order valence-electron chi connectivity index (χ1n) is 8.23. The van der Waals surface area contributed by atoms with E-state index in [-0.39, 0.29) is 0 Å². The fourth-order valence-corrected chi connectivity index (χ4v) is 3.50. The van der Waals surface area contributed by atoms with Gasteiger partial charge in [-0.25, -0.2) is 9.97 Å². The topological polar surface area (TPSA) is 82.3 Å². The standard InChI is InChI=1S/C18H14BrN7S/c1-2-14-11-16(22-17(21-14)12-7-9-20-10-8-12)27-18-23-24-25-26(18)15-5-3-13(19)4-6-15/h3-11H,2H2,1H3. The predicted octanol–water partition coefficient (Wildman–Crippen LogP) is 3.99. The van der Waals surface area contributed by atoms with E-state index in [0.29, 0.717) is 11.0 Å². The molecule has 0 unspecified atom stereocenters. The van der Waals surface area contributed by atoms with E-state index in [1.165, 1.54) is 11.8 Å². The molecule has 27 heavy (non-hydrogen) atoms. The molecule has 0 fully saturated rings. The van der Waals surface area contributed by atoms with Gasteiger partial charge in [-0.05, 0) is 71.1 Å². The van der Waals surface area contributed by atoms with Crippen LogP contribution in [-0.2, 0) is 6.42 Å². The average molecular weight is 440 g/mol. The van der Waals surface area contributed by atoms with Crippen molar-refractivity contribution >= 4 is 27.7 Å². The van der Waals surface area contributed by atoms with Gasteiger partial charge in [-0.15, -0.1) is 5.10 Å². The van der Waals surface area contributed by atoms with Gasteiger partial charge in [0.15, 0.2) is 5.82 Å². The highest BCUT2D eigenvalue weighted by molar-refractivity contribution is 9.10. The average Bonchev–Trinajstić information content (AvgIpc) is 3.17. The van der Waals surface area contributed by atoms with Crippen molar-refractivity contribution in [2.45, 2.75) is 23.5 Å². The molecule has 134 valence electrons. The zero-order chi connectivity index (χ0) is 18.6. The van der Waals surface area contributed by atoms with Crippen LogP contribution in [0.1, 0.15) is 12.6 Å². The second kappa shape index (κ2) is 7.93. The van der Waals surface area contributed by atoms with Crippen molar-refractivity contribution in [1.82, 2.24) is 35.2 Å². The third-order valence-corrected chi connectivity index (χ3v) is 5.15. The summed E-state index contributed by atoms with van der Waals surface area (Å²) in [6.07, 6.45) is 4.28. The molecular weight excluding hydrogens is 426 g/mol. The van der Waals surface area contributed by atoms with Crippen molar-refractivity contribution in [2.75, 3.05) is 0 Å². The summed E-state index contributed by atoms with van der Waals surface area (Å²) in [5, 5.41) is 13.5. The number of tetrazole rings is 1. The third-order valence-electron chi connectivity index (χ3n) is 3.76. The summed E-state index contributed by atoms with van der Waals surface area (Å²) in [7, 11) is 0. The van der Waals surface area contributed by atoms with Gasteiger partial charge in [0.25, 0.3) is 0 Å². The van der Waals surface area contributed by atoms with E-state index in [1.54, 1.807) is 17.1 Å². The summed E-state index contributed by atoms with van der Waals surface area (Å²) in [4.78, 5) is 13.4. The number of benzene rings is 1. The minimum absolute atomic E-state index is 0.638. The lowest BCUT2D eigenvalue weighted by molar-refractivity contribution is 0.755. The second-order valence-corrected chi connectivity index (χ2v) is 7.47. The van der Waals surface area contributed by atoms with E-state index < -0.39 is 0 Å². The zero-order valence-electron chi connectivity index (χ0n) is 14.3. The highest BCUT2D eigenvalue weighted by Crippen LogP contribution is 2.28. The molecule has 0 spiro atoms. The molecule has 0 saturated carbocycles.